The van der Waals surface area contributed by atoms with Gasteiger partial charge in [-0.3, -0.25) is 0 Å². The maximum Gasteiger partial charge on any atom is 0.123 e. The van der Waals surface area contributed by atoms with E-state index in [1.54, 1.807) is 6.92 Å². The van der Waals surface area contributed by atoms with Gasteiger partial charge in [-0.05, 0) is 31.2 Å². The van der Waals surface area contributed by atoms with Gasteiger partial charge in [0.15, 0.2) is 0 Å². The first-order valence-electron chi connectivity index (χ1n) is 3.22. The fourth-order valence-corrected chi connectivity index (χ4v) is 0.430. The maximum atomic E-state index is 11.9. The molecule has 0 saturated heterocycles. The highest BCUT2D eigenvalue weighted by Gasteiger charge is 1.86. The summed E-state index contributed by atoms with van der Waals surface area (Å²) in [5, 5.41) is 7.57. The molecule has 3 heteroatoms. The highest BCUT2D eigenvalue weighted by atomic mass is 19.1. The zero-order valence-electron chi connectivity index (χ0n) is 6.22. The molecule has 0 heterocycles. The van der Waals surface area contributed by atoms with Gasteiger partial charge in [0.2, 0.25) is 0 Å². The zero-order chi connectivity index (χ0) is 8.69. The van der Waals surface area contributed by atoms with E-state index in [2.05, 4.69) is 0 Å². The van der Waals surface area contributed by atoms with Crippen LogP contribution in [0, 0.1) is 11.6 Å². The van der Waals surface area contributed by atoms with Gasteiger partial charge in [0, 0.05) is 6.61 Å². The van der Waals surface area contributed by atoms with E-state index < -0.39 is 11.6 Å². The Hall–Kier alpha value is -0.960. The minimum Gasteiger partial charge on any atom is -0.397 e. The summed E-state index contributed by atoms with van der Waals surface area (Å²) in [7, 11) is 0. The van der Waals surface area contributed by atoms with Crippen LogP contribution in [-0.2, 0) is 0 Å². The Labute approximate surface area is 64.3 Å². The second-order valence-corrected chi connectivity index (χ2v) is 1.75. The molecule has 62 valence electrons. The lowest BCUT2D eigenvalue weighted by molar-refractivity contribution is 0.318. The van der Waals surface area contributed by atoms with Gasteiger partial charge in [-0.2, -0.15) is 0 Å². The molecule has 1 N–H and O–H groups in total. The molecule has 11 heavy (non-hydrogen) atoms. The number of benzene rings is 1. The van der Waals surface area contributed by atoms with Crippen molar-refractivity contribution in [1.29, 1.82) is 0 Å². The fraction of sp³-hybridized carbons (Fsp3) is 0.250. The molecule has 0 aliphatic heterocycles. The Kier molecular flexibility index (Phi) is 5.29. The lowest BCUT2D eigenvalue weighted by Crippen LogP contribution is -1.72. The van der Waals surface area contributed by atoms with Gasteiger partial charge in [-0.15, -0.1) is 0 Å². The van der Waals surface area contributed by atoms with Crippen LogP contribution in [0.15, 0.2) is 24.3 Å². The van der Waals surface area contributed by atoms with Crippen LogP contribution < -0.4 is 0 Å². The summed E-state index contributed by atoms with van der Waals surface area (Å²) in [5.41, 5.74) is 0. The third-order valence-corrected chi connectivity index (χ3v) is 0.804. The van der Waals surface area contributed by atoms with Crippen LogP contribution in [0.25, 0.3) is 0 Å². The van der Waals surface area contributed by atoms with Crippen molar-refractivity contribution in [2.75, 3.05) is 6.61 Å². The number of aliphatic hydroxyl groups is 1. The van der Waals surface area contributed by atoms with E-state index in [0.717, 1.165) is 24.3 Å². The Morgan fingerprint density at radius 1 is 1.09 bits per heavy atom. The minimum atomic E-state index is -0.411. The number of hydrogen-bond donors (Lipinski definition) is 1. The molecule has 0 radical (unpaired) electrons. The predicted molar refractivity (Wildman–Crippen MR) is 39.1 cm³/mol. The van der Waals surface area contributed by atoms with E-state index in [1.165, 1.54) is 0 Å². The summed E-state index contributed by atoms with van der Waals surface area (Å²) >= 11 is 0. The van der Waals surface area contributed by atoms with Gasteiger partial charge in [-0.25, -0.2) is 8.78 Å². The summed E-state index contributed by atoms with van der Waals surface area (Å²) in [6.45, 7) is 1.93. The molecule has 0 amide bonds. The van der Waals surface area contributed by atoms with E-state index in [0.29, 0.717) is 0 Å². The summed E-state index contributed by atoms with van der Waals surface area (Å²) in [6, 6.07) is 4.31. The second kappa shape index (κ2) is 5.80. The third-order valence-electron chi connectivity index (χ3n) is 0.804. The van der Waals surface area contributed by atoms with Crippen LogP contribution in [0.1, 0.15) is 6.92 Å². The molecule has 1 rings (SSSR count). The molecular weight excluding hydrogens is 150 g/mol. The highest BCUT2D eigenvalue weighted by Crippen LogP contribution is 1.98. The van der Waals surface area contributed by atoms with Crippen LogP contribution in [0.4, 0.5) is 8.78 Å². The van der Waals surface area contributed by atoms with Crippen molar-refractivity contribution in [3.63, 3.8) is 0 Å². The highest BCUT2D eigenvalue weighted by molar-refractivity contribution is 5.04. The number of rotatable bonds is 0. The molecular formula is C8H10F2O. The standard InChI is InChI=1S/C6H4F2.C2H6O/c7-5-1-2-6(8)4-3-5;1-2-3/h1-4H;3H,2H2,1H3. The van der Waals surface area contributed by atoms with E-state index >= 15 is 0 Å². The normalized spacial score (nSPS) is 8.36. The molecule has 1 aromatic carbocycles. The van der Waals surface area contributed by atoms with E-state index in [-0.39, 0.29) is 6.61 Å². The second-order valence-electron chi connectivity index (χ2n) is 1.75. The Morgan fingerprint density at radius 2 is 1.27 bits per heavy atom. The molecule has 0 saturated carbocycles. The van der Waals surface area contributed by atoms with Crippen molar-refractivity contribution in [3.8, 4) is 0 Å². The average molecular weight is 160 g/mol. The monoisotopic (exact) mass is 160 g/mol. The molecule has 0 aromatic heterocycles. The average Bonchev–Trinajstić information content (AvgIpc) is 1.97. The number of halogens is 2. The topological polar surface area (TPSA) is 20.2 Å². The van der Waals surface area contributed by atoms with Crippen molar-refractivity contribution >= 4 is 0 Å². The van der Waals surface area contributed by atoms with Gasteiger partial charge < -0.3 is 5.11 Å². The lowest BCUT2D eigenvalue weighted by atomic mass is 10.3. The number of hydrogen-bond acceptors (Lipinski definition) is 1. The van der Waals surface area contributed by atoms with Gasteiger partial charge in [0.1, 0.15) is 11.6 Å². The first-order valence-corrected chi connectivity index (χ1v) is 3.22. The van der Waals surface area contributed by atoms with Crippen LogP contribution in [0.5, 0.6) is 0 Å². The SMILES string of the molecule is CCO.Fc1ccc(F)cc1. The summed E-state index contributed by atoms with van der Waals surface area (Å²) in [4.78, 5) is 0. The molecule has 0 spiro atoms. The Morgan fingerprint density at radius 3 is 1.45 bits per heavy atom. The van der Waals surface area contributed by atoms with Crippen LogP contribution >= 0.6 is 0 Å². The predicted octanol–water partition coefficient (Wildman–Crippen LogP) is 1.96. The minimum absolute atomic E-state index is 0.250. The fourth-order valence-electron chi connectivity index (χ4n) is 0.430. The van der Waals surface area contributed by atoms with E-state index in [4.69, 9.17) is 5.11 Å². The maximum absolute atomic E-state index is 11.9. The molecule has 1 nitrogen and oxygen atoms in total. The van der Waals surface area contributed by atoms with Crippen molar-refractivity contribution in [3.05, 3.63) is 35.9 Å². The van der Waals surface area contributed by atoms with Gasteiger partial charge in [0.25, 0.3) is 0 Å². The lowest BCUT2D eigenvalue weighted by Gasteiger charge is -1.83. The van der Waals surface area contributed by atoms with E-state index in [9.17, 15) is 8.78 Å². The molecule has 1 aromatic rings. The molecule has 0 aliphatic carbocycles. The molecule has 0 fully saturated rings. The first-order chi connectivity index (χ1) is 5.20. The number of aliphatic hydroxyl groups excluding tert-OH is 1. The van der Waals surface area contributed by atoms with Crippen molar-refractivity contribution < 1.29 is 13.9 Å². The van der Waals surface area contributed by atoms with Gasteiger partial charge in [0.05, 0.1) is 0 Å². The summed E-state index contributed by atoms with van der Waals surface area (Å²) in [5.74, 6) is -0.821. The van der Waals surface area contributed by atoms with Crippen molar-refractivity contribution in [1.82, 2.24) is 0 Å². The third kappa shape index (κ3) is 5.48. The molecule has 0 aliphatic rings. The Bertz CT molecular complexity index is 163. The van der Waals surface area contributed by atoms with Crippen molar-refractivity contribution in [2.45, 2.75) is 6.92 Å². The smallest absolute Gasteiger partial charge is 0.123 e. The molecule has 0 unspecified atom stereocenters. The van der Waals surface area contributed by atoms with Gasteiger partial charge >= 0.3 is 0 Å². The first kappa shape index (κ1) is 10.0. The largest absolute Gasteiger partial charge is 0.397 e. The quantitative estimate of drug-likeness (QED) is 0.615. The summed E-state index contributed by atoms with van der Waals surface area (Å²) in [6.07, 6.45) is 0. The summed E-state index contributed by atoms with van der Waals surface area (Å²) < 4.78 is 23.8. The zero-order valence-corrected chi connectivity index (χ0v) is 6.22. The van der Waals surface area contributed by atoms with Crippen molar-refractivity contribution in [2.24, 2.45) is 0 Å². The Balaban J connectivity index is 0.000000292. The van der Waals surface area contributed by atoms with Gasteiger partial charge in [-0.1, -0.05) is 0 Å². The van der Waals surface area contributed by atoms with Crippen LogP contribution in [-0.4, -0.2) is 11.7 Å². The van der Waals surface area contributed by atoms with Crippen LogP contribution in [0.2, 0.25) is 0 Å². The van der Waals surface area contributed by atoms with E-state index in [1.807, 2.05) is 0 Å². The molecule has 0 bridgehead atoms. The van der Waals surface area contributed by atoms with Crippen LogP contribution in [0.3, 0.4) is 0 Å². The molecule has 0 atom stereocenters.